The maximum absolute atomic E-state index is 12.3. The van der Waals surface area contributed by atoms with Crippen LogP contribution in [-0.4, -0.2) is 68.8 Å². The van der Waals surface area contributed by atoms with Crippen LogP contribution in [0.15, 0.2) is 24.3 Å². The number of ether oxygens (including phenoxy) is 1. The van der Waals surface area contributed by atoms with E-state index in [0.717, 1.165) is 38.2 Å². The van der Waals surface area contributed by atoms with Crippen LogP contribution < -0.4 is 10.6 Å². The van der Waals surface area contributed by atoms with Gasteiger partial charge >= 0.3 is 6.09 Å². The van der Waals surface area contributed by atoms with Gasteiger partial charge in [0.1, 0.15) is 0 Å². The Hall–Kier alpha value is -1.79. The van der Waals surface area contributed by atoms with Gasteiger partial charge in [-0.2, -0.15) is 0 Å². The lowest BCUT2D eigenvalue weighted by Crippen LogP contribution is -2.49. The smallest absolute Gasteiger partial charge is 0.409 e. The molecule has 26 heavy (non-hydrogen) atoms. The number of likely N-dealkylation sites (tertiary alicyclic amines) is 1. The minimum absolute atomic E-state index is 0.156. The summed E-state index contributed by atoms with van der Waals surface area (Å²) >= 11 is 0. The van der Waals surface area contributed by atoms with Gasteiger partial charge in [0.05, 0.1) is 6.61 Å². The number of rotatable bonds is 5. The third-order valence-corrected chi connectivity index (χ3v) is 5.66. The molecule has 2 aliphatic rings. The molecule has 2 saturated heterocycles. The summed E-state index contributed by atoms with van der Waals surface area (Å²) < 4.78 is 5.52. The molecule has 6 nitrogen and oxygen atoms in total. The first-order valence-electron chi connectivity index (χ1n) is 9.80. The Morgan fingerprint density at radius 2 is 1.73 bits per heavy atom. The van der Waals surface area contributed by atoms with E-state index in [1.54, 1.807) is 0 Å². The molecule has 0 bridgehead atoms. The maximum Gasteiger partial charge on any atom is 0.409 e. The van der Waals surface area contributed by atoms with E-state index in [4.69, 9.17) is 10.5 Å². The van der Waals surface area contributed by atoms with Crippen LogP contribution in [0, 0.1) is 5.92 Å². The largest absolute Gasteiger partial charge is 0.449 e. The number of nitrogens with two attached hydrogens (primary N) is 1. The Kier molecular flexibility index (Phi) is 6.74. The number of nitrogens with zero attached hydrogens (tertiary/aromatic N) is 3. The number of hydrogen-bond donors (Lipinski definition) is 1. The minimum atomic E-state index is -0.156. The molecule has 3 rings (SSSR count). The van der Waals surface area contributed by atoms with Crippen LogP contribution in [0.2, 0.25) is 0 Å². The zero-order chi connectivity index (χ0) is 18.4. The monoisotopic (exact) mass is 360 g/mol. The van der Waals surface area contributed by atoms with Gasteiger partial charge in [-0.1, -0.05) is 12.1 Å². The summed E-state index contributed by atoms with van der Waals surface area (Å²) in [7, 11) is 2.17. The van der Waals surface area contributed by atoms with Crippen molar-refractivity contribution in [3.8, 4) is 0 Å². The van der Waals surface area contributed by atoms with Crippen LogP contribution >= 0.6 is 0 Å². The standard InChI is InChI=1S/C20H32N4O2/c1-22-9-6-17(7-10-22)8-15-26-20(25)24-13-11-23(12-14-24)19-4-2-18(16-21)3-5-19/h2-5,17H,6-16,21H2,1H3. The van der Waals surface area contributed by atoms with E-state index >= 15 is 0 Å². The van der Waals surface area contributed by atoms with Crippen molar-refractivity contribution in [2.45, 2.75) is 25.8 Å². The molecule has 0 spiro atoms. The Balaban J connectivity index is 1.36. The zero-order valence-electron chi connectivity index (χ0n) is 15.9. The van der Waals surface area contributed by atoms with Crippen LogP contribution in [0.25, 0.3) is 0 Å². The highest BCUT2D eigenvalue weighted by atomic mass is 16.6. The summed E-state index contributed by atoms with van der Waals surface area (Å²) in [5.41, 5.74) is 7.98. The number of anilines is 1. The molecule has 2 heterocycles. The molecule has 0 aromatic heterocycles. The van der Waals surface area contributed by atoms with Crippen molar-refractivity contribution in [3.63, 3.8) is 0 Å². The number of piperidine rings is 1. The van der Waals surface area contributed by atoms with E-state index in [0.29, 0.717) is 32.2 Å². The van der Waals surface area contributed by atoms with E-state index in [2.05, 4.69) is 41.1 Å². The quantitative estimate of drug-likeness (QED) is 0.872. The Morgan fingerprint density at radius 1 is 1.08 bits per heavy atom. The molecule has 0 saturated carbocycles. The third kappa shape index (κ3) is 5.11. The average molecular weight is 361 g/mol. The fraction of sp³-hybridized carbons (Fsp3) is 0.650. The van der Waals surface area contributed by atoms with Gasteiger partial charge < -0.3 is 25.2 Å². The summed E-state index contributed by atoms with van der Waals surface area (Å²) in [6.45, 7) is 6.54. The highest BCUT2D eigenvalue weighted by Gasteiger charge is 2.23. The van der Waals surface area contributed by atoms with Crippen molar-refractivity contribution < 1.29 is 9.53 Å². The fourth-order valence-electron chi connectivity index (χ4n) is 3.74. The molecular weight excluding hydrogens is 328 g/mol. The first-order valence-corrected chi connectivity index (χ1v) is 9.80. The molecule has 0 unspecified atom stereocenters. The van der Waals surface area contributed by atoms with Gasteiger partial charge in [0.2, 0.25) is 0 Å². The normalized spacial score (nSPS) is 19.6. The summed E-state index contributed by atoms with van der Waals surface area (Å²) in [6, 6.07) is 8.35. The molecule has 1 aromatic carbocycles. The highest BCUT2D eigenvalue weighted by Crippen LogP contribution is 2.20. The van der Waals surface area contributed by atoms with E-state index in [9.17, 15) is 4.79 Å². The molecule has 0 aliphatic carbocycles. The molecular formula is C20H32N4O2. The van der Waals surface area contributed by atoms with Gasteiger partial charge in [0.15, 0.2) is 0 Å². The first kappa shape index (κ1) is 19.0. The van der Waals surface area contributed by atoms with Crippen LogP contribution in [0.3, 0.4) is 0 Å². The first-order chi connectivity index (χ1) is 12.7. The Morgan fingerprint density at radius 3 is 2.35 bits per heavy atom. The van der Waals surface area contributed by atoms with Gasteiger partial charge in [-0.25, -0.2) is 4.79 Å². The van der Waals surface area contributed by atoms with Crippen molar-refractivity contribution in [2.24, 2.45) is 11.7 Å². The molecule has 144 valence electrons. The summed E-state index contributed by atoms with van der Waals surface area (Å²) in [4.78, 5) is 18.8. The van der Waals surface area contributed by atoms with Crippen molar-refractivity contribution in [3.05, 3.63) is 29.8 Å². The van der Waals surface area contributed by atoms with E-state index in [1.807, 2.05) is 4.90 Å². The molecule has 6 heteroatoms. The molecule has 2 fully saturated rings. The van der Waals surface area contributed by atoms with Crippen LogP contribution in [0.4, 0.5) is 10.5 Å². The lowest BCUT2D eigenvalue weighted by atomic mass is 9.94. The molecule has 0 atom stereocenters. The number of benzene rings is 1. The van der Waals surface area contributed by atoms with E-state index in [1.165, 1.54) is 18.5 Å². The van der Waals surface area contributed by atoms with Crippen molar-refractivity contribution in [2.75, 3.05) is 57.8 Å². The van der Waals surface area contributed by atoms with E-state index < -0.39 is 0 Å². The summed E-state index contributed by atoms with van der Waals surface area (Å²) in [5.74, 6) is 0.701. The third-order valence-electron chi connectivity index (χ3n) is 5.66. The second kappa shape index (κ2) is 9.24. The highest BCUT2D eigenvalue weighted by molar-refractivity contribution is 5.68. The lowest BCUT2D eigenvalue weighted by Gasteiger charge is -2.35. The van der Waals surface area contributed by atoms with Crippen molar-refractivity contribution >= 4 is 11.8 Å². The topological polar surface area (TPSA) is 62.0 Å². The number of hydrogen-bond acceptors (Lipinski definition) is 5. The Labute approximate surface area is 156 Å². The second-order valence-corrected chi connectivity index (χ2v) is 7.49. The number of carbonyl (C=O) groups excluding carboxylic acids is 1. The fourth-order valence-corrected chi connectivity index (χ4v) is 3.74. The lowest BCUT2D eigenvalue weighted by molar-refractivity contribution is 0.0896. The molecule has 1 aromatic rings. The minimum Gasteiger partial charge on any atom is -0.449 e. The van der Waals surface area contributed by atoms with Gasteiger partial charge in [-0.05, 0) is 63.0 Å². The zero-order valence-corrected chi connectivity index (χ0v) is 15.9. The van der Waals surface area contributed by atoms with Gasteiger partial charge in [0, 0.05) is 38.4 Å². The Bertz CT molecular complexity index is 562. The molecule has 2 aliphatic heterocycles. The average Bonchev–Trinajstić information content (AvgIpc) is 2.69. The predicted octanol–water partition coefficient (Wildman–Crippen LogP) is 2.14. The van der Waals surface area contributed by atoms with Crippen LogP contribution in [0.1, 0.15) is 24.8 Å². The van der Waals surface area contributed by atoms with Crippen molar-refractivity contribution in [1.82, 2.24) is 9.80 Å². The second-order valence-electron chi connectivity index (χ2n) is 7.49. The number of piperazine rings is 1. The predicted molar refractivity (Wildman–Crippen MR) is 104 cm³/mol. The van der Waals surface area contributed by atoms with E-state index in [-0.39, 0.29) is 6.09 Å². The molecule has 2 N–H and O–H groups in total. The van der Waals surface area contributed by atoms with Crippen molar-refractivity contribution in [1.29, 1.82) is 0 Å². The van der Waals surface area contributed by atoms with Gasteiger partial charge in [-0.15, -0.1) is 0 Å². The molecule has 1 amide bonds. The van der Waals surface area contributed by atoms with Gasteiger partial charge in [-0.3, -0.25) is 0 Å². The van der Waals surface area contributed by atoms with Gasteiger partial charge in [0.25, 0.3) is 0 Å². The molecule has 0 radical (unpaired) electrons. The summed E-state index contributed by atoms with van der Waals surface area (Å²) in [5, 5.41) is 0. The van der Waals surface area contributed by atoms with Crippen LogP contribution in [0.5, 0.6) is 0 Å². The maximum atomic E-state index is 12.3. The number of carbonyl (C=O) groups is 1. The SMILES string of the molecule is CN1CCC(CCOC(=O)N2CCN(c3ccc(CN)cc3)CC2)CC1. The van der Waals surface area contributed by atoms with Crippen LogP contribution in [-0.2, 0) is 11.3 Å². The summed E-state index contributed by atoms with van der Waals surface area (Å²) in [6.07, 6.45) is 3.27. The number of amides is 1.